The standard InChI is InChI=1S/C30H29ClN2O3S/c1-24-12-14-27(15-13-24)22-33(37(35,36)29-18-16-28(31)17-19-29)23-30(34)32(20-25-8-4-2-5-9-25)21-26-10-6-3-7-11-26/h2-19H,20-23H2,1H3. The Bertz CT molecular complexity index is 1370. The predicted molar refractivity (Wildman–Crippen MR) is 147 cm³/mol. The molecule has 0 radical (unpaired) electrons. The lowest BCUT2D eigenvalue weighted by Crippen LogP contribution is -2.42. The number of benzene rings is 4. The van der Waals surface area contributed by atoms with Crippen LogP contribution in [0.1, 0.15) is 22.3 Å². The van der Waals surface area contributed by atoms with Gasteiger partial charge in [-0.25, -0.2) is 8.42 Å². The maximum atomic E-state index is 13.7. The van der Waals surface area contributed by atoms with Gasteiger partial charge in [-0.1, -0.05) is 102 Å². The molecule has 0 aromatic heterocycles. The highest BCUT2D eigenvalue weighted by Gasteiger charge is 2.29. The summed E-state index contributed by atoms with van der Waals surface area (Å²) in [6.07, 6.45) is 0. The van der Waals surface area contributed by atoms with Crippen LogP contribution in [0.2, 0.25) is 5.02 Å². The van der Waals surface area contributed by atoms with Gasteiger partial charge in [0.2, 0.25) is 15.9 Å². The molecule has 0 bridgehead atoms. The minimum absolute atomic E-state index is 0.0709. The second kappa shape index (κ2) is 12.2. The molecule has 0 heterocycles. The number of halogens is 1. The minimum Gasteiger partial charge on any atom is -0.333 e. The molecular weight excluding hydrogens is 504 g/mol. The molecule has 4 aromatic carbocycles. The van der Waals surface area contributed by atoms with Gasteiger partial charge in [-0.2, -0.15) is 4.31 Å². The molecule has 0 atom stereocenters. The summed E-state index contributed by atoms with van der Waals surface area (Å²) in [4.78, 5) is 15.5. The summed E-state index contributed by atoms with van der Waals surface area (Å²) in [5.74, 6) is -0.280. The molecule has 0 spiro atoms. The van der Waals surface area contributed by atoms with E-state index < -0.39 is 10.0 Å². The van der Waals surface area contributed by atoms with Crippen LogP contribution >= 0.6 is 11.6 Å². The van der Waals surface area contributed by atoms with Gasteiger partial charge in [0.1, 0.15) is 0 Å². The zero-order chi connectivity index (χ0) is 26.3. The number of carbonyl (C=O) groups excluding carboxylic acids is 1. The monoisotopic (exact) mass is 532 g/mol. The van der Waals surface area contributed by atoms with E-state index in [1.807, 2.05) is 91.9 Å². The molecule has 7 heteroatoms. The first-order valence-electron chi connectivity index (χ1n) is 12.0. The van der Waals surface area contributed by atoms with Crippen molar-refractivity contribution in [1.29, 1.82) is 0 Å². The molecule has 0 N–H and O–H groups in total. The normalized spacial score (nSPS) is 11.4. The van der Waals surface area contributed by atoms with E-state index in [1.54, 1.807) is 4.90 Å². The van der Waals surface area contributed by atoms with Crippen molar-refractivity contribution in [2.24, 2.45) is 0 Å². The third-order valence-electron chi connectivity index (χ3n) is 6.03. The maximum absolute atomic E-state index is 13.7. The first-order chi connectivity index (χ1) is 17.8. The van der Waals surface area contributed by atoms with Gasteiger partial charge < -0.3 is 4.90 Å². The Hall–Kier alpha value is -3.45. The second-order valence-electron chi connectivity index (χ2n) is 8.93. The quantitative estimate of drug-likeness (QED) is 0.249. The van der Waals surface area contributed by atoms with E-state index >= 15 is 0 Å². The van der Waals surface area contributed by atoms with Crippen LogP contribution in [0.25, 0.3) is 0 Å². The van der Waals surface area contributed by atoms with Crippen LogP contribution < -0.4 is 0 Å². The van der Waals surface area contributed by atoms with Crippen molar-refractivity contribution < 1.29 is 13.2 Å². The highest BCUT2D eigenvalue weighted by Crippen LogP contribution is 2.22. The number of hydrogen-bond donors (Lipinski definition) is 0. The van der Waals surface area contributed by atoms with Crippen LogP contribution in [0.3, 0.4) is 0 Å². The second-order valence-corrected chi connectivity index (χ2v) is 11.3. The van der Waals surface area contributed by atoms with Gasteiger partial charge in [0, 0.05) is 24.7 Å². The van der Waals surface area contributed by atoms with E-state index in [4.69, 9.17) is 11.6 Å². The molecule has 0 aliphatic carbocycles. The summed E-state index contributed by atoms with van der Waals surface area (Å²) in [6, 6.07) is 33.0. The predicted octanol–water partition coefficient (Wildman–Crippen LogP) is 6.07. The van der Waals surface area contributed by atoms with Crippen molar-refractivity contribution in [1.82, 2.24) is 9.21 Å². The molecule has 0 aliphatic rings. The van der Waals surface area contributed by atoms with E-state index in [2.05, 4.69) is 0 Å². The maximum Gasteiger partial charge on any atom is 0.243 e. The van der Waals surface area contributed by atoms with E-state index in [0.717, 1.165) is 22.3 Å². The van der Waals surface area contributed by atoms with Crippen molar-refractivity contribution in [3.8, 4) is 0 Å². The summed E-state index contributed by atoms with van der Waals surface area (Å²) >= 11 is 6.00. The Labute approximate surface area is 224 Å². The molecule has 190 valence electrons. The zero-order valence-corrected chi connectivity index (χ0v) is 22.2. The fourth-order valence-electron chi connectivity index (χ4n) is 3.97. The highest BCUT2D eigenvalue weighted by atomic mass is 35.5. The number of carbonyl (C=O) groups is 1. The van der Waals surface area contributed by atoms with Crippen molar-refractivity contribution in [3.63, 3.8) is 0 Å². The molecule has 0 saturated carbocycles. The minimum atomic E-state index is -3.97. The van der Waals surface area contributed by atoms with Crippen molar-refractivity contribution in [2.75, 3.05) is 6.54 Å². The lowest BCUT2D eigenvalue weighted by molar-refractivity contribution is -0.132. The van der Waals surface area contributed by atoms with Crippen molar-refractivity contribution in [2.45, 2.75) is 31.5 Å². The average molecular weight is 533 g/mol. The molecule has 0 unspecified atom stereocenters. The van der Waals surface area contributed by atoms with E-state index in [1.165, 1.54) is 28.6 Å². The van der Waals surface area contributed by atoms with Crippen LogP contribution in [0.4, 0.5) is 0 Å². The lowest BCUT2D eigenvalue weighted by Gasteiger charge is -2.28. The molecule has 37 heavy (non-hydrogen) atoms. The number of rotatable bonds is 10. The van der Waals surface area contributed by atoms with Gasteiger partial charge in [0.05, 0.1) is 11.4 Å². The fourth-order valence-corrected chi connectivity index (χ4v) is 5.47. The SMILES string of the molecule is Cc1ccc(CN(CC(=O)N(Cc2ccccc2)Cc2ccccc2)S(=O)(=O)c2ccc(Cl)cc2)cc1. The first kappa shape index (κ1) is 26.6. The molecule has 1 amide bonds. The van der Waals surface area contributed by atoms with Crippen LogP contribution in [0.5, 0.6) is 0 Å². The number of sulfonamides is 1. The molecule has 5 nitrogen and oxygen atoms in total. The summed E-state index contributed by atoms with van der Waals surface area (Å²) < 4.78 is 28.6. The first-order valence-corrected chi connectivity index (χ1v) is 13.8. The molecule has 0 fully saturated rings. The van der Waals surface area contributed by atoms with Gasteiger partial charge in [-0.3, -0.25) is 4.79 Å². The van der Waals surface area contributed by atoms with E-state index in [9.17, 15) is 13.2 Å². The zero-order valence-electron chi connectivity index (χ0n) is 20.6. The van der Waals surface area contributed by atoms with Crippen molar-refractivity contribution in [3.05, 3.63) is 136 Å². The van der Waals surface area contributed by atoms with Crippen molar-refractivity contribution >= 4 is 27.5 Å². The van der Waals surface area contributed by atoms with Gasteiger partial charge in [0.25, 0.3) is 0 Å². The van der Waals surface area contributed by atoms with Crippen LogP contribution in [0, 0.1) is 6.92 Å². The van der Waals surface area contributed by atoms with Gasteiger partial charge in [0.15, 0.2) is 0 Å². The molecule has 0 saturated heterocycles. The number of amides is 1. The lowest BCUT2D eigenvalue weighted by atomic mass is 10.1. The molecule has 4 rings (SSSR count). The third kappa shape index (κ3) is 7.29. The Balaban J connectivity index is 1.65. The van der Waals surface area contributed by atoms with Crippen LogP contribution in [-0.4, -0.2) is 30.1 Å². The molecule has 4 aromatic rings. The largest absolute Gasteiger partial charge is 0.333 e. The Kier molecular flexibility index (Phi) is 8.77. The van der Waals surface area contributed by atoms with E-state index in [-0.39, 0.29) is 23.9 Å². The number of nitrogens with zero attached hydrogens (tertiary/aromatic N) is 2. The summed E-state index contributed by atoms with van der Waals surface area (Å²) in [5, 5.41) is 0.442. The smallest absolute Gasteiger partial charge is 0.243 e. The topological polar surface area (TPSA) is 57.7 Å². The van der Waals surface area contributed by atoms with Gasteiger partial charge in [-0.15, -0.1) is 0 Å². The summed E-state index contributed by atoms with van der Waals surface area (Å²) in [5.41, 5.74) is 3.81. The van der Waals surface area contributed by atoms with Gasteiger partial charge >= 0.3 is 0 Å². The highest BCUT2D eigenvalue weighted by molar-refractivity contribution is 7.89. The Morgan fingerprint density at radius 3 is 1.68 bits per heavy atom. The molecular formula is C30H29ClN2O3S. The fraction of sp³-hybridized carbons (Fsp3) is 0.167. The number of hydrogen-bond acceptors (Lipinski definition) is 3. The van der Waals surface area contributed by atoms with Crippen LogP contribution in [0.15, 0.2) is 114 Å². The summed E-state index contributed by atoms with van der Waals surface area (Å²) in [6.45, 7) is 2.49. The summed E-state index contributed by atoms with van der Waals surface area (Å²) in [7, 11) is -3.97. The Morgan fingerprint density at radius 1 is 0.676 bits per heavy atom. The third-order valence-corrected chi connectivity index (χ3v) is 8.09. The average Bonchev–Trinajstić information content (AvgIpc) is 2.90. The van der Waals surface area contributed by atoms with Gasteiger partial charge in [-0.05, 0) is 47.9 Å². The number of aryl methyl sites for hydroxylation is 1. The Morgan fingerprint density at radius 2 is 1.16 bits per heavy atom. The molecule has 0 aliphatic heterocycles. The van der Waals surface area contributed by atoms with E-state index in [0.29, 0.717) is 18.1 Å². The van der Waals surface area contributed by atoms with Crippen LogP contribution in [-0.2, 0) is 34.5 Å².